The lowest BCUT2D eigenvalue weighted by Crippen LogP contribution is -2.39. The molecule has 1 rings (SSSR count). The van der Waals surface area contributed by atoms with Gasteiger partial charge in [-0.15, -0.1) is 5.10 Å². The number of hydrogen-bond acceptors (Lipinski definition) is 4. The Morgan fingerprint density at radius 3 is 2.47 bits per heavy atom. The molecule has 1 aromatic rings. The number of rotatable bonds is 7. The number of hydrogen-bond donors (Lipinski definition) is 2. The molecule has 3 N–H and O–H groups in total. The molecule has 0 saturated heterocycles. The molecule has 19 heavy (non-hydrogen) atoms. The normalized spacial score (nSPS) is 11.1. The topological polar surface area (TPSA) is 78.9 Å². The van der Waals surface area contributed by atoms with Crippen molar-refractivity contribution in [2.75, 3.05) is 11.4 Å². The SMILES string of the molecule is CCC(CC)N(CC(C)C)c1nnccc1C(=N)N. The maximum absolute atomic E-state index is 7.69. The van der Waals surface area contributed by atoms with Gasteiger partial charge in [-0.05, 0) is 24.8 Å². The predicted octanol–water partition coefficient (Wildman–Crippen LogP) is 2.41. The molecule has 0 amide bonds. The fourth-order valence-corrected chi connectivity index (χ4v) is 2.28. The van der Waals surface area contributed by atoms with Gasteiger partial charge in [-0.1, -0.05) is 27.7 Å². The number of nitrogen functional groups attached to an aromatic ring is 1. The summed E-state index contributed by atoms with van der Waals surface area (Å²) < 4.78 is 0. The third-order valence-corrected chi connectivity index (χ3v) is 3.21. The lowest BCUT2D eigenvalue weighted by molar-refractivity contribution is 0.501. The van der Waals surface area contributed by atoms with Crippen molar-refractivity contribution in [2.24, 2.45) is 11.7 Å². The second kappa shape index (κ2) is 7.07. The maximum Gasteiger partial charge on any atom is 0.162 e. The number of nitrogens with one attached hydrogen (secondary N) is 1. The smallest absolute Gasteiger partial charge is 0.162 e. The van der Waals surface area contributed by atoms with E-state index in [0.717, 1.165) is 25.2 Å². The zero-order chi connectivity index (χ0) is 14.4. The van der Waals surface area contributed by atoms with Gasteiger partial charge in [0, 0.05) is 12.6 Å². The lowest BCUT2D eigenvalue weighted by Gasteiger charge is -2.33. The van der Waals surface area contributed by atoms with E-state index in [9.17, 15) is 0 Å². The third kappa shape index (κ3) is 3.91. The first-order valence-corrected chi connectivity index (χ1v) is 6.93. The minimum absolute atomic E-state index is 0.0459. The highest BCUT2D eigenvalue weighted by Crippen LogP contribution is 2.22. The van der Waals surface area contributed by atoms with E-state index in [2.05, 4.69) is 42.8 Å². The molecule has 0 atom stereocenters. The van der Waals surface area contributed by atoms with Crippen molar-refractivity contribution in [1.82, 2.24) is 10.2 Å². The molecule has 1 aromatic heterocycles. The van der Waals surface area contributed by atoms with Gasteiger partial charge in [-0.2, -0.15) is 5.10 Å². The molecule has 0 aliphatic rings. The van der Waals surface area contributed by atoms with Crippen molar-refractivity contribution < 1.29 is 0 Å². The van der Waals surface area contributed by atoms with Crippen LogP contribution in [0.25, 0.3) is 0 Å². The molecule has 106 valence electrons. The summed E-state index contributed by atoms with van der Waals surface area (Å²) in [5, 5.41) is 15.9. The van der Waals surface area contributed by atoms with Gasteiger partial charge in [0.1, 0.15) is 5.84 Å². The van der Waals surface area contributed by atoms with Crippen molar-refractivity contribution >= 4 is 11.7 Å². The standard InChI is InChI=1S/C14H25N5/c1-5-11(6-2)19(9-10(3)4)14-12(13(15)16)7-8-17-18-14/h7-8,10-11H,5-6,9H2,1-4H3,(H3,15,16). The highest BCUT2D eigenvalue weighted by atomic mass is 15.3. The van der Waals surface area contributed by atoms with E-state index in [0.29, 0.717) is 17.5 Å². The third-order valence-electron chi connectivity index (χ3n) is 3.21. The first kappa shape index (κ1) is 15.4. The van der Waals surface area contributed by atoms with Crippen LogP contribution in [-0.4, -0.2) is 28.6 Å². The summed E-state index contributed by atoms with van der Waals surface area (Å²) in [6.07, 6.45) is 3.66. The highest BCUT2D eigenvalue weighted by molar-refractivity contribution is 5.99. The number of nitrogens with two attached hydrogens (primary N) is 1. The molecular weight excluding hydrogens is 238 g/mol. The van der Waals surface area contributed by atoms with Gasteiger partial charge in [0.25, 0.3) is 0 Å². The Kier molecular flexibility index (Phi) is 5.73. The number of aromatic nitrogens is 2. The molecule has 5 heteroatoms. The van der Waals surface area contributed by atoms with Crippen LogP contribution < -0.4 is 10.6 Å². The predicted molar refractivity (Wildman–Crippen MR) is 79.6 cm³/mol. The summed E-state index contributed by atoms with van der Waals surface area (Å²) in [5.41, 5.74) is 6.32. The average Bonchev–Trinajstić information content (AvgIpc) is 2.38. The molecule has 0 spiro atoms. The summed E-state index contributed by atoms with van der Waals surface area (Å²) in [6, 6.07) is 2.16. The monoisotopic (exact) mass is 263 g/mol. The molecule has 0 saturated carbocycles. The fraction of sp³-hybridized carbons (Fsp3) is 0.643. The average molecular weight is 263 g/mol. The van der Waals surface area contributed by atoms with Crippen LogP contribution in [0.2, 0.25) is 0 Å². The maximum atomic E-state index is 7.69. The quantitative estimate of drug-likeness (QED) is 0.585. The van der Waals surface area contributed by atoms with Crippen molar-refractivity contribution in [3.63, 3.8) is 0 Å². The lowest BCUT2D eigenvalue weighted by atomic mass is 10.1. The number of nitrogens with zero attached hydrogens (tertiary/aromatic N) is 3. The van der Waals surface area contributed by atoms with Crippen molar-refractivity contribution in [3.05, 3.63) is 17.8 Å². The molecule has 0 bridgehead atoms. The van der Waals surface area contributed by atoms with Crippen LogP contribution in [0.15, 0.2) is 12.3 Å². The van der Waals surface area contributed by atoms with E-state index in [-0.39, 0.29) is 5.84 Å². The molecular formula is C14H25N5. The number of amidine groups is 1. The zero-order valence-electron chi connectivity index (χ0n) is 12.3. The minimum Gasteiger partial charge on any atom is -0.384 e. The fourth-order valence-electron chi connectivity index (χ4n) is 2.28. The largest absolute Gasteiger partial charge is 0.384 e. The summed E-state index contributed by atoms with van der Waals surface area (Å²) in [5.74, 6) is 1.30. The molecule has 0 fully saturated rings. The van der Waals surface area contributed by atoms with Gasteiger partial charge in [0.2, 0.25) is 0 Å². The summed E-state index contributed by atoms with van der Waals surface area (Å²) >= 11 is 0. The Bertz CT molecular complexity index is 412. The van der Waals surface area contributed by atoms with E-state index in [4.69, 9.17) is 11.1 Å². The zero-order valence-corrected chi connectivity index (χ0v) is 12.3. The number of anilines is 1. The summed E-state index contributed by atoms with van der Waals surface area (Å²) in [4.78, 5) is 2.24. The van der Waals surface area contributed by atoms with Crippen molar-refractivity contribution in [1.29, 1.82) is 5.41 Å². The van der Waals surface area contributed by atoms with Crippen LogP contribution in [0.1, 0.15) is 46.1 Å². The van der Waals surface area contributed by atoms with Crippen LogP contribution in [-0.2, 0) is 0 Å². The second-order valence-corrected chi connectivity index (χ2v) is 5.20. The molecule has 5 nitrogen and oxygen atoms in total. The summed E-state index contributed by atoms with van der Waals surface area (Å²) in [7, 11) is 0. The van der Waals surface area contributed by atoms with Gasteiger partial charge < -0.3 is 10.6 Å². The Hall–Kier alpha value is -1.65. The Morgan fingerprint density at radius 1 is 1.37 bits per heavy atom. The highest BCUT2D eigenvalue weighted by Gasteiger charge is 2.22. The first-order chi connectivity index (χ1) is 9.01. The van der Waals surface area contributed by atoms with Gasteiger partial charge in [-0.3, -0.25) is 5.41 Å². The van der Waals surface area contributed by atoms with Crippen LogP contribution in [0.5, 0.6) is 0 Å². The van der Waals surface area contributed by atoms with E-state index >= 15 is 0 Å². The van der Waals surface area contributed by atoms with Crippen molar-refractivity contribution in [2.45, 2.75) is 46.6 Å². The van der Waals surface area contributed by atoms with Gasteiger partial charge >= 0.3 is 0 Å². The summed E-state index contributed by atoms with van der Waals surface area (Å²) in [6.45, 7) is 9.60. The van der Waals surface area contributed by atoms with Gasteiger partial charge in [-0.25, -0.2) is 0 Å². The molecule has 0 unspecified atom stereocenters. The minimum atomic E-state index is 0.0459. The van der Waals surface area contributed by atoms with E-state index < -0.39 is 0 Å². The Labute approximate surface area is 115 Å². The van der Waals surface area contributed by atoms with Crippen LogP contribution >= 0.6 is 0 Å². The Balaban J connectivity index is 3.20. The van der Waals surface area contributed by atoms with E-state index in [1.54, 1.807) is 12.3 Å². The van der Waals surface area contributed by atoms with E-state index in [1.165, 1.54) is 0 Å². The second-order valence-electron chi connectivity index (χ2n) is 5.20. The first-order valence-electron chi connectivity index (χ1n) is 6.93. The Morgan fingerprint density at radius 2 is 2.00 bits per heavy atom. The molecule has 0 radical (unpaired) electrons. The van der Waals surface area contributed by atoms with Crippen LogP contribution in [0.4, 0.5) is 5.82 Å². The van der Waals surface area contributed by atoms with Crippen LogP contribution in [0, 0.1) is 11.3 Å². The molecule has 1 heterocycles. The van der Waals surface area contributed by atoms with E-state index in [1.807, 2.05) is 0 Å². The molecule has 0 aliphatic heterocycles. The van der Waals surface area contributed by atoms with Gasteiger partial charge in [0.05, 0.1) is 11.8 Å². The molecule has 0 aromatic carbocycles. The van der Waals surface area contributed by atoms with Crippen LogP contribution in [0.3, 0.4) is 0 Å². The van der Waals surface area contributed by atoms with Gasteiger partial charge in [0.15, 0.2) is 5.82 Å². The van der Waals surface area contributed by atoms with Crippen molar-refractivity contribution in [3.8, 4) is 0 Å². The molecule has 0 aliphatic carbocycles.